The van der Waals surface area contributed by atoms with Crippen LogP contribution in [0.1, 0.15) is 54.0 Å². The van der Waals surface area contributed by atoms with E-state index in [1.165, 1.54) is 0 Å². The van der Waals surface area contributed by atoms with Crippen molar-refractivity contribution in [3.8, 4) is 0 Å². The highest BCUT2D eigenvalue weighted by molar-refractivity contribution is 5.96. The Morgan fingerprint density at radius 3 is 2.91 bits per heavy atom. The Kier molecular flexibility index (Phi) is 3.74. The topological polar surface area (TPSA) is 93.2 Å². The van der Waals surface area contributed by atoms with Crippen molar-refractivity contribution < 1.29 is 14.4 Å². The normalized spacial score (nSPS) is 24.3. The lowest BCUT2D eigenvalue weighted by Gasteiger charge is -2.41. The van der Waals surface area contributed by atoms with E-state index >= 15 is 0 Å². The maximum Gasteiger partial charge on any atom is 0.257 e. The molecule has 3 atom stereocenters. The zero-order valence-corrected chi connectivity index (χ0v) is 12.9. The Balaban J connectivity index is 1.77. The van der Waals surface area contributed by atoms with Gasteiger partial charge in [0.1, 0.15) is 5.56 Å². The number of aromatic nitrogens is 3. The second kappa shape index (κ2) is 5.57. The summed E-state index contributed by atoms with van der Waals surface area (Å²) in [4.78, 5) is 12.6. The quantitative estimate of drug-likeness (QED) is 0.890. The predicted molar refractivity (Wildman–Crippen MR) is 78.5 cm³/mol. The summed E-state index contributed by atoms with van der Waals surface area (Å²) in [5.41, 5.74) is 1.08. The SMILES string of the molecule is Cc1noc(C(C)C)c1C(=O)N[C@H]1C[C@@H](O)[C@@H]1n1cccn1. The molecule has 1 fully saturated rings. The first-order valence-electron chi connectivity index (χ1n) is 7.43. The number of rotatable bonds is 4. The zero-order chi connectivity index (χ0) is 15.9. The Bertz CT molecular complexity index is 662. The van der Waals surface area contributed by atoms with Crippen LogP contribution in [0.15, 0.2) is 23.0 Å². The fraction of sp³-hybridized carbons (Fsp3) is 0.533. The lowest BCUT2D eigenvalue weighted by Crippen LogP contribution is -2.56. The smallest absolute Gasteiger partial charge is 0.257 e. The van der Waals surface area contributed by atoms with Crippen LogP contribution in [0.4, 0.5) is 0 Å². The molecule has 7 heteroatoms. The van der Waals surface area contributed by atoms with Gasteiger partial charge in [-0.2, -0.15) is 5.10 Å². The van der Waals surface area contributed by atoms with E-state index in [1.54, 1.807) is 30.1 Å². The van der Waals surface area contributed by atoms with Crippen LogP contribution in [0.2, 0.25) is 0 Å². The summed E-state index contributed by atoms with van der Waals surface area (Å²) in [7, 11) is 0. The van der Waals surface area contributed by atoms with Crippen LogP contribution in [-0.4, -0.2) is 38.1 Å². The molecule has 0 aliphatic heterocycles. The minimum absolute atomic E-state index is 0.0795. The third-order valence-electron chi connectivity index (χ3n) is 4.09. The number of carbonyl (C=O) groups is 1. The highest BCUT2D eigenvalue weighted by atomic mass is 16.5. The maximum absolute atomic E-state index is 12.6. The predicted octanol–water partition coefficient (Wildman–Crippen LogP) is 1.41. The van der Waals surface area contributed by atoms with Crippen molar-refractivity contribution in [2.45, 2.75) is 51.3 Å². The van der Waals surface area contributed by atoms with Crippen LogP contribution in [0, 0.1) is 6.92 Å². The van der Waals surface area contributed by atoms with E-state index in [2.05, 4.69) is 15.6 Å². The zero-order valence-electron chi connectivity index (χ0n) is 12.9. The van der Waals surface area contributed by atoms with Gasteiger partial charge in [0.25, 0.3) is 5.91 Å². The van der Waals surface area contributed by atoms with Crippen LogP contribution in [-0.2, 0) is 0 Å². The van der Waals surface area contributed by atoms with Gasteiger partial charge in [-0.3, -0.25) is 9.48 Å². The van der Waals surface area contributed by atoms with E-state index in [4.69, 9.17) is 4.52 Å². The number of amides is 1. The van der Waals surface area contributed by atoms with Gasteiger partial charge in [-0.1, -0.05) is 19.0 Å². The van der Waals surface area contributed by atoms with E-state index in [9.17, 15) is 9.90 Å². The van der Waals surface area contributed by atoms with E-state index in [0.717, 1.165) is 0 Å². The lowest BCUT2D eigenvalue weighted by atomic mass is 9.82. The number of hydrogen-bond acceptors (Lipinski definition) is 5. The number of aliphatic hydroxyl groups is 1. The van der Waals surface area contributed by atoms with Crippen molar-refractivity contribution in [1.29, 1.82) is 0 Å². The molecule has 0 spiro atoms. The van der Waals surface area contributed by atoms with Crippen LogP contribution >= 0.6 is 0 Å². The fourth-order valence-electron chi connectivity index (χ4n) is 2.87. The Labute approximate surface area is 128 Å². The highest BCUT2D eigenvalue weighted by Crippen LogP contribution is 2.33. The number of carbonyl (C=O) groups excluding carboxylic acids is 1. The van der Waals surface area contributed by atoms with Crippen LogP contribution in [0.25, 0.3) is 0 Å². The second-order valence-corrected chi connectivity index (χ2v) is 6.02. The molecule has 0 bridgehead atoms. The van der Waals surface area contributed by atoms with Gasteiger partial charge in [0, 0.05) is 18.3 Å². The molecule has 1 aliphatic carbocycles. The molecule has 2 heterocycles. The van der Waals surface area contributed by atoms with E-state index < -0.39 is 6.10 Å². The minimum atomic E-state index is -0.502. The van der Waals surface area contributed by atoms with Gasteiger partial charge in [-0.25, -0.2) is 0 Å². The molecule has 2 aromatic rings. The Hall–Kier alpha value is -2.15. The standard InChI is InChI=1S/C15H20N4O3/c1-8(2)14-12(9(3)18-22-14)15(21)17-10-7-11(20)13(10)19-6-4-5-16-19/h4-6,8,10-11,13,20H,7H2,1-3H3,(H,17,21)/t10-,11+,13+/m0/s1. The van der Waals surface area contributed by atoms with Gasteiger partial charge in [0.2, 0.25) is 0 Å². The molecule has 0 saturated heterocycles. The fourth-order valence-corrected chi connectivity index (χ4v) is 2.87. The Morgan fingerprint density at radius 2 is 2.32 bits per heavy atom. The lowest BCUT2D eigenvalue weighted by molar-refractivity contribution is -0.00591. The average molecular weight is 304 g/mol. The number of nitrogens with one attached hydrogen (secondary N) is 1. The molecular weight excluding hydrogens is 284 g/mol. The molecule has 1 aliphatic rings. The number of aryl methyl sites for hydroxylation is 1. The molecule has 118 valence electrons. The van der Waals surface area contributed by atoms with Gasteiger partial charge < -0.3 is 14.9 Å². The van der Waals surface area contributed by atoms with Crippen LogP contribution in [0.5, 0.6) is 0 Å². The van der Waals surface area contributed by atoms with Crippen molar-refractivity contribution >= 4 is 5.91 Å². The van der Waals surface area contributed by atoms with E-state index in [-0.39, 0.29) is 23.9 Å². The summed E-state index contributed by atoms with van der Waals surface area (Å²) in [5, 5.41) is 20.9. The van der Waals surface area contributed by atoms with Crippen molar-refractivity contribution in [3.05, 3.63) is 35.5 Å². The highest BCUT2D eigenvalue weighted by Gasteiger charge is 2.43. The maximum atomic E-state index is 12.6. The molecule has 22 heavy (non-hydrogen) atoms. The summed E-state index contributed by atoms with van der Waals surface area (Å²) in [6, 6.07) is 1.41. The first kappa shape index (κ1) is 14.8. The first-order chi connectivity index (χ1) is 10.5. The third kappa shape index (κ3) is 2.41. The average Bonchev–Trinajstić information content (AvgIpc) is 3.07. The van der Waals surface area contributed by atoms with Crippen molar-refractivity contribution in [2.24, 2.45) is 0 Å². The number of hydrogen-bond donors (Lipinski definition) is 2. The molecular formula is C15H20N4O3. The molecule has 0 radical (unpaired) electrons. The van der Waals surface area contributed by atoms with Crippen LogP contribution in [0.3, 0.4) is 0 Å². The van der Waals surface area contributed by atoms with Crippen molar-refractivity contribution in [3.63, 3.8) is 0 Å². The molecule has 0 unspecified atom stereocenters. The number of aliphatic hydroxyl groups excluding tert-OH is 1. The summed E-state index contributed by atoms with van der Waals surface area (Å²) < 4.78 is 6.94. The van der Waals surface area contributed by atoms with Gasteiger partial charge >= 0.3 is 0 Å². The summed E-state index contributed by atoms with van der Waals surface area (Å²) in [5.74, 6) is 0.456. The third-order valence-corrected chi connectivity index (χ3v) is 4.09. The van der Waals surface area contributed by atoms with Crippen LogP contribution < -0.4 is 5.32 Å². The summed E-state index contributed by atoms with van der Waals surface area (Å²) in [6.45, 7) is 5.66. The van der Waals surface area contributed by atoms with Gasteiger partial charge in [-0.05, 0) is 19.4 Å². The molecule has 2 N–H and O–H groups in total. The first-order valence-corrected chi connectivity index (χ1v) is 7.43. The minimum Gasteiger partial charge on any atom is -0.391 e. The second-order valence-electron chi connectivity index (χ2n) is 6.02. The Morgan fingerprint density at radius 1 is 1.55 bits per heavy atom. The molecule has 3 rings (SSSR count). The van der Waals surface area contributed by atoms with Crippen molar-refractivity contribution in [2.75, 3.05) is 0 Å². The van der Waals surface area contributed by atoms with E-state index in [0.29, 0.717) is 23.4 Å². The molecule has 7 nitrogen and oxygen atoms in total. The van der Waals surface area contributed by atoms with Gasteiger partial charge in [0.05, 0.1) is 23.9 Å². The molecule has 2 aromatic heterocycles. The summed E-state index contributed by atoms with van der Waals surface area (Å²) >= 11 is 0. The molecule has 1 amide bonds. The van der Waals surface area contributed by atoms with E-state index in [1.807, 2.05) is 13.8 Å². The summed E-state index contributed by atoms with van der Waals surface area (Å²) in [6.07, 6.45) is 3.46. The van der Waals surface area contributed by atoms with Crippen molar-refractivity contribution in [1.82, 2.24) is 20.3 Å². The number of nitrogens with zero attached hydrogens (tertiary/aromatic N) is 3. The monoisotopic (exact) mass is 304 g/mol. The van der Waals surface area contributed by atoms with Gasteiger partial charge in [0.15, 0.2) is 5.76 Å². The van der Waals surface area contributed by atoms with Gasteiger partial charge in [-0.15, -0.1) is 0 Å². The molecule has 1 saturated carbocycles. The largest absolute Gasteiger partial charge is 0.391 e. The molecule has 0 aromatic carbocycles.